The van der Waals surface area contributed by atoms with E-state index in [2.05, 4.69) is 4.98 Å². The van der Waals surface area contributed by atoms with Crippen molar-refractivity contribution < 1.29 is 8.78 Å². The van der Waals surface area contributed by atoms with E-state index in [9.17, 15) is 8.78 Å². The molecular formula is C8H5ClF2N2. The van der Waals surface area contributed by atoms with Crippen molar-refractivity contribution in [2.24, 2.45) is 0 Å². The van der Waals surface area contributed by atoms with Crippen LogP contribution in [0.25, 0.3) is 0 Å². The second-order valence-corrected chi connectivity index (χ2v) is 2.54. The zero-order valence-electron chi connectivity index (χ0n) is 6.47. The summed E-state index contributed by atoms with van der Waals surface area (Å²) in [4.78, 5) is 3.47. The molecule has 1 aromatic rings. The average Bonchev–Trinajstić information content (AvgIpc) is 2.16. The van der Waals surface area contributed by atoms with Gasteiger partial charge in [-0.25, -0.2) is 8.78 Å². The van der Waals surface area contributed by atoms with Crippen LogP contribution >= 0.6 is 11.6 Å². The summed E-state index contributed by atoms with van der Waals surface area (Å²) < 4.78 is 24.6. The summed E-state index contributed by atoms with van der Waals surface area (Å²) in [5.41, 5.74) is -0.143. The van der Waals surface area contributed by atoms with Gasteiger partial charge in [0.1, 0.15) is 5.69 Å². The Bertz CT molecular complexity index is 346. The van der Waals surface area contributed by atoms with Crippen LogP contribution in [0, 0.1) is 11.3 Å². The molecule has 0 aliphatic rings. The van der Waals surface area contributed by atoms with E-state index in [-0.39, 0.29) is 17.0 Å². The Morgan fingerprint density at radius 3 is 2.77 bits per heavy atom. The molecule has 0 aromatic carbocycles. The standard InChI is InChI=1S/C8H5ClF2N2/c9-3-6-5(4-12)1-2-13-7(6)8(10)11/h1-2,8H,3H2. The summed E-state index contributed by atoms with van der Waals surface area (Å²) in [6.07, 6.45) is -1.52. The van der Waals surface area contributed by atoms with Crippen molar-refractivity contribution in [3.63, 3.8) is 0 Å². The maximum atomic E-state index is 12.3. The minimum Gasteiger partial charge on any atom is -0.255 e. The largest absolute Gasteiger partial charge is 0.280 e. The van der Waals surface area contributed by atoms with E-state index in [1.807, 2.05) is 0 Å². The molecule has 0 aliphatic heterocycles. The molecule has 1 rings (SSSR count). The van der Waals surface area contributed by atoms with Crippen LogP contribution < -0.4 is 0 Å². The van der Waals surface area contributed by atoms with Crippen molar-refractivity contribution in [1.29, 1.82) is 5.26 Å². The number of hydrogen-bond acceptors (Lipinski definition) is 2. The lowest BCUT2D eigenvalue weighted by Gasteiger charge is -2.05. The maximum absolute atomic E-state index is 12.3. The second kappa shape index (κ2) is 4.15. The molecule has 0 unspecified atom stereocenters. The number of aromatic nitrogens is 1. The quantitative estimate of drug-likeness (QED) is 0.692. The summed E-state index contributed by atoms with van der Waals surface area (Å²) in [5.74, 6) is -0.129. The molecule has 0 amide bonds. The first-order chi connectivity index (χ1) is 6.20. The molecule has 0 fully saturated rings. The molecule has 5 heteroatoms. The Labute approximate surface area is 78.8 Å². The lowest BCUT2D eigenvalue weighted by molar-refractivity contribution is 0.145. The third kappa shape index (κ3) is 1.93. The number of pyridine rings is 1. The number of halogens is 3. The van der Waals surface area contributed by atoms with Crippen LogP contribution in [0.5, 0.6) is 0 Å². The maximum Gasteiger partial charge on any atom is 0.280 e. The van der Waals surface area contributed by atoms with Crippen molar-refractivity contribution in [1.82, 2.24) is 4.98 Å². The second-order valence-electron chi connectivity index (χ2n) is 2.27. The van der Waals surface area contributed by atoms with Gasteiger partial charge in [-0.15, -0.1) is 11.6 Å². The predicted molar refractivity (Wildman–Crippen MR) is 43.5 cm³/mol. The van der Waals surface area contributed by atoms with Crippen LogP contribution in [0.1, 0.15) is 23.2 Å². The van der Waals surface area contributed by atoms with E-state index in [4.69, 9.17) is 16.9 Å². The van der Waals surface area contributed by atoms with Crippen molar-refractivity contribution in [3.8, 4) is 6.07 Å². The van der Waals surface area contributed by atoms with E-state index < -0.39 is 12.1 Å². The number of nitrogens with zero attached hydrogens (tertiary/aromatic N) is 2. The van der Waals surface area contributed by atoms with Crippen LogP contribution in [0.3, 0.4) is 0 Å². The van der Waals surface area contributed by atoms with Gasteiger partial charge in [-0.1, -0.05) is 0 Å². The van der Waals surface area contributed by atoms with Gasteiger partial charge in [-0.05, 0) is 6.07 Å². The molecule has 1 heterocycles. The number of hydrogen-bond donors (Lipinski definition) is 0. The van der Waals surface area contributed by atoms with Crippen molar-refractivity contribution in [3.05, 3.63) is 29.1 Å². The first-order valence-corrected chi connectivity index (χ1v) is 3.96. The Balaban J connectivity index is 3.29. The van der Waals surface area contributed by atoms with Crippen molar-refractivity contribution >= 4 is 11.6 Å². The third-order valence-corrected chi connectivity index (χ3v) is 1.82. The first-order valence-electron chi connectivity index (χ1n) is 3.42. The van der Waals surface area contributed by atoms with Gasteiger partial charge in [0, 0.05) is 11.8 Å². The van der Waals surface area contributed by atoms with E-state index in [0.717, 1.165) is 0 Å². The van der Waals surface area contributed by atoms with E-state index in [1.165, 1.54) is 12.3 Å². The summed E-state index contributed by atoms with van der Waals surface area (Å²) in [7, 11) is 0. The number of nitriles is 1. The third-order valence-electron chi connectivity index (χ3n) is 1.55. The smallest absolute Gasteiger partial charge is 0.255 e. The highest BCUT2D eigenvalue weighted by atomic mass is 35.5. The summed E-state index contributed by atoms with van der Waals surface area (Å²) in [5, 5.41) is 8.57. The van der Waals surface area contributed by atoms with Gasteiger partial charge >= 0.3 is 0 Å². The highest BCUT2D eigenvalue weighted by Gasteiger charge is 2.16. The van der Waals surface area contributed by atoms with Crippen LogP contribution in [0.4, 0.5) is 8.78 Å². The Morgan fingerprint density at radius 2 is 2.31 bits per heavy atom. The summed E-state index contributed by atoms with van der Waals surface area (Å²) >= 11 is 5.44. The lowest BCUT2D eigenvalue weighted by Crippen LogP contribution is -1.99. The SMILES string of the molecule is N#Cc1ccnc(C(F)F)c1CCl. The molecule has 2 nitrogen and oxygen atoms in total. The summed E-state index contributed by atoms with van der Waals surface area (Å²) in [6, 6.07) is 3.15. The zero-order chi connectivity index (χ0) is 9.84. The Hall–Kier alpha value is -1.21. The molecule has 0 bridgehead atoms. The fourth-order valence-corrected chi connectivity index (χ4v) is 1.22. The molecule has 0 saturated carbocycles. The van der Waals surface area contributed by atoms with Gasteiger partial charge < -0.3 is 0 Å². The van der Waals surface area contributed by atoms with Gasteiger partial charge in [-0.3, -0.25) is 4.98 Å². The molecular weight excluding hydrogens is 198 g/mol. The average molecular weight is 203 g/mol. The van der Waals surface area contributed by atoms with Crippen molar-refractivity contribution in [2.45, 2.75) is 12.3 Å². The van der Waals surface area contributed by atoms with Crippen LogP contribution in [-0.4, -0.2) is 4.98 Å². The van der Waals surface area contributed by atoms with Gasteiger partial charge in [0.05, 0.1) is 17.5 Å². The monoisotopic (exact) mass is 202 g/mol. The Kier molecular flexibility index (Phi) is 3.15. The molecule has 1 aromatic heterocycles. The highest BCUT2D eigenvalue weighted by Crippen LogP contribution is 2.24. The molecule has 0 aliphatic carbocycles. The topological polar surface area (TPSA) is 36.7 Å². The highest BCUT2D eigenvalue weighted by molar-refractivity contribution is 6.17. The fourth-order valence-electron chi connectivity index (χ4n) is 0.942. The van der Waals surface area contributed by atoms with Gasteiger partial charge in [0.25, 0.3) is 6.43 Å². The fraction of sp³-hybridized carbons (Fsp3) is 0.250. The Morgan fingerprint density at radius 1 is 1.62 bits per heavy atom. The summed E-state index contributed by atoms with van der Waals surface area (Å²) in [6.45, 7) is 0. The molecule has 0 atom stereocenters. The van der Waals surface area contributed by atoms with Crippen LogP contribution in [0.15, 0.2) is 12.3 Å². The van der Waals surface area contributed by atoms with Crippen LogP contribution in [-0.2, 0) is 5.88 Å². The van der Waals surface area contributed by atoms with Gasteiger partial charge in [-0.2, -0.15) is 5.26 Å². The molecule has 0 spiro atoms. The minimum atomic E-state index is -2.69. The van der Waals surface area contributed by atoms with Gasteiger partial charge in [0.2, 0.25) is 0 Å². The van der Waals surface area contributed by atoms with Crippen LogP contribution in [0.2, 0.25) is 0 Å². The van der Waals surface area contributed by atoms with Gasteiger partial charge in [0.15, 0.2) is 0 Å². The molecule has 68 valence electrons. The number of alkyl halides is 3. The van der Waals surface area contributed by atoms with E-state index >= 15 is 0 Å². The zero-order valence-corrected chi connectivity index (χ0v) is 7.22. The predicted octanol–water partition coefficient (Wildman–Crippen LogP) is 2.63. The van der Waals surface area contributed by atoms with E-state index in [0.29, 0.717) is 0 Å². The molecule has 0 N–H and O–H groups in total. The molecule has 13 heavy (non-hydrogen) atoms. The van der Waals surface area contributed by atoms with E-state index in [1.54, 1.807) is 6.07 Å². The molecule has 0 saturated heterocycles. The molecule has 0 radical (unpaired) electrons. The first kappa shape index (κ1) is 9.87. The normalized spacial score (nSPS) is 10.1. The minimum absolute atomic E-state index is 0.113. The van der Waals surface area contributed by atoms with Crippen molar-refractivity contribution in [2.75, 3.05) is 0 Å². The lowest BCUT2D eigenvalue weighted by atomic mass is 10.1. The number of rotatable bonds is 2.